The van der Waals surface area contributed by atoms with Gasteiger partial charge in [-0.05, 0) is 6.07 Å². The van der Waals surface area contributed by atoms with Gasteiger partial charge in [0.2, 0.25) is 0 Å². The third-order valence-corrected chi connectivity index (χ3v) is 2.17. The van der Waals surface area contributed by atoms with Gasteiger partial charge in [0.25, 0.3) is 0 Å². The molecule has 0 unspecified atom stereocenters. The van der Waals surface area contributed by atoms with Gasteiger partial charge in [-0.25, -0.2) is 4.98 Å². The van der Waals surface area contributed by atoms with Crippen molar-refractivity contribution < 1.29 is 4.79 Å². The summed E-state index contributed by atoms with van der Waals surface area (Å²) in [5.41, 5.74) is 1.19. The van der Waals surface area contributed by atoms with Gasteiger partial charge in [-0.15, -0.1) is 11.3 Å². The summed E-state index contributed by atoms with van der Waals surface area (Å²) in [6.07, 6.45) is 2.43. The first-order valence-electron chi connectivity index (χ1n) is 3.30. The number of aldehydes is 1. The van der Waals surface area contributed by atoms with Crippen LogP contribution in [-0.4, -0.2) is 21.5 Å². The second kappa shape index (κ2) is 2.86. The van der Waals surface area contributed by atoms with E-state index < -0.39 is 0 Å². The maximum Gasteiger partial charge on any atom is 0.167 e. The Hall–Kier alpha value is -1.49. The van der Waals surface area contributed by atoms with Gasteiger partial charge < -0.3 is 0 Å². The summed E-state index contributed by atoms with van der Waals surface area (Å²) in [4.78, 5) is 14.4. The smallest absolute Gasteiger partial charge is 0.167 e. The lowest BCUT2D eigenvalue weighted by Gasteiger charge is -1.82. The van der Waals surface area contributed by atoms with Crippen molar-refractivity contribution in [2.75, 3.05) is 0 Å². The van der Waals surface area contributed by atoms with Crippen LogP contribution in [0.5, 0.6) is 0 Å². The van der Waals surface area contributed by atoms with E-state index in [9.17, 15) is 4.79 Å². The fraction of sp³-hybridized carbons (Fsp3) is 0. The summed E-state index contributed by atoms with van der Waals surface area (Å²) in [6.45, 7) is 0. The van der Waals surface area contributed by atoms with Crippen molar-refractivity contribution in [2.24, 2.45) is 0 Å². The average molecular weight is 179 g/mol. The average Bonchev–Trinajstić information content (AvgIpc) is 2.75. The van der Waals surface area contributed by atoms with Crippen LogP contribution in [0.2, 0.25) is 0 Å². The molecule has 0 aliphatic rings. The summed E-state index contributed by atoms with van der Waals surface area (Å²) in [5, 5.41) is 9.20. The zero-order valence-electron chi connectivity index (χ0n) is 6.02. The quantitative estimate of drug-likeness (QED) is 0.708. The van der Waals surface area contributed by atoms with Crippen molar-refractivity contribution in [3.05, 3.63) is 23.3 Å². The van der Waals surface area contributed by atoms with Gasteiger partial charge in [0.15, 0.2) is 6.29 Å². The number of rotatable bonds is 2. The first-order chi connectivity index (χ1) is 5.90. The van der Waals surface area contributed by atoms with Gasteiger partial charge in [-0.1, -0.05) is 0 Å². The summed E-state index contributed by atoms with van der Waals surface area (Å²) >= 11 is 1.49. The zero-order valence-corrected chi connectivity index (χ0v) is 6.84. The highest BCUT2D eigenvalue weighted by atomic mass is 32.1. The highest BCUT2D eigenvalue weighted by Gasteiger charge is 2.04. The standard InChI is InChI=1S/C7H5N3OS/c11-4-5-3-6(10-9-5)7-8-1-2-12-7/h1-4H,(H,9,10). The molecule has 0 saturated carbocycles. The first-order valence-corrected chi connectivity index (χ1v) is 4.18. The number of H-pyrrole nitrogens is 1. The van der Waals surface area contributed by atoms with Crippen molar-refractivity contribution in [3.8, 4) is 10.7 Å². The molecule has 2 heterocycles. The topological polar surface area (TPSA) is 58.6 Å². The molecule has 2 aromatic heterocycles. The molecule has 0 radical (unpaired) electrons. The van der Waals surface area contributed by atoms with Crippen molar-refractivity contribution in [3.63, 3.8) is 0 Å². The van der Waals surface area contributed by atoms with Crippen LogP contribution in [0, 0.1) is 0 Å². The Morgan fingerprint density at radius 1 is 1.58 bits per heavy atom. The molecule has 0 aromatic carbocycles. The Bertz CT molecular complexity index is 379. The second-order valence-corrected chi connectivity index (χ2v) is 3.06. The van der Waals surface area contributed by atoms with Crippen molar-refractivity contribution in [2.45, 2.75) is 0 Å². The monoisotopic (exact) mass is 179 g/mol. The van der Waals surface area contributed by atoms with E-state index in [2.05, 4.69) is 15.2 Å². The summed E-state index contributed by atoms with van der Waals surface area (Å²) in [5.74, 6) is 0. The lowest BCUT2D eigenvalue weighted by molar-refractivity contribution is 0.111. The van der Waals surface area contributed by atoms with Crippen LogP contribution in [0.15, 0.2) is 17.6 Å². The molecule has 1 N–H and O–H groups in total. The number of nitrogens with zero attached hydrogens (tertiary/aromatic N) is 2. The summed E-state index contributed by atoms with van der Waals surface area (Å²) in [7, 11) is 0. The Morgan fingerprint density at radius 3 is 3.08 bits per heavy atom. The zero-order chi connectivity index (χ0) is 8.39. The van der Waals surface area contributed by atoms with Gasteiger partial charge in [0, 0.05) is 11.6 Å². The van der Waals surface area contributed by atoms with Crippen LogP contribution in [0.3, 0.4) is 0 Å². The fourth-order valence-corrected chi connectivity index (χ4v) is 1.45. The molecule has 0 atom stereocenters. The van der Waals surface area contributed by atoms with E-state index in [0.717, 1.165) is 11.3 Å². The molecular formula is C7H5N3OS. The summed E-state index contributed by atoms with van der Waals surface area (Å²) in [6, 6.07) is 1.67. The third kappa shape index (κ3) is 1.14. The Kier molecular flexibility index (Phi) is 1.71. The normalized spacial score (nSPS) is 10.0. The Morgan fingerprint density at radius 2 is 2.50 bits per heavy atom. The minimum Gasteiger partial charge on any atom is -0.296 e. The predicted molar refractivity (Wildman–Crippen MR) is 45.1 cm³/mol. The number of aromatic nitrogens is 3. The van der Waals surface area contributed by atoms with Crippen LogP contribution in [0.4, 0.5) is 0 Å². The van der Waals surface area contributed by atoms with Gasteiger partial charge in [0.05, 0.1) is 5.69 Å². The van der Waals surface area contributed by atoms with E-state index in [0.29, 0.717) is 11.4 Å². The molecule has 0 fully saturated rings. The highest BCUT2D eigenvalue weighted by molar-refractivity contribution is 7.13. The number of carbonyl (C=O) groups excluding carboxylic acids is 1. The minimum atomic E-state index is 0.472. The van der Waals surface area contributed by atoms with E-state index in [1.165, 1.54) is 11.3 Å². The molecule has 0 aliphatic carbocycles. The lowest BCUT2D eigenvalue weighted by atomic mass is 10.4. The number of thiazole rings is 1. The number of hydrogen-bond donors (Lipinski definition) is 1. The molecule has 2 rings (SSSR count). The molecule has 0 aliphatic heterocycles. The van der Waals surface area contributed by atoms with Crippen LogP contribution >= 0.6 is 11.3 Å². The maximum absolute atomic E-state index is 10.3. The van der Waals surface area contributed by atoms with E-state index in [-0.39, 0.29) is 0 Å². The minimum absolute atomic E-state index is 0.472. The Labute approximate surface area is 72.3 Å². The second-order valence-electron chi connectivity index (χ2n) is 2.16. The van der Waals surface area contributed by atoms with E-state index in [1.54, 1.807) is 12.3 Å². The van der Waals surface area contributed by atoms with Crippen molar-refractivity contribution in [1.82, 2.24) is 15.2 Å². The molecule has 0 spiro atoms. The van der Waals surface area contributed by atoms with Gasteiger partial charge in [-0.3, -0.25) is 9.89 Å². The van der Waals surface area contributed by atoms with Crippen LogP contribution in [0.1, 0.15) is 10.5 Å². The molecule has 60 valence electrons. The van der Waals surface area contributed by atoms with E-state index in [4.69, 9.17) is 0 Å². The molecule has 12 heavy (non-hydrogen) atoms. The molecule has 0 bridgehead atoms. The van der Waals surface area contributed by atoms with Gasteiger partial charge in [0.1, 0.15) is 10.7 Å². The lowest BCUT2D eigenvalue weighted by Crippen LogP contribution is -1.75. The van der Waals surface area contributed by atoms with Crippen LogP contribution in [0.25, 0.3) is 10.7 Å². The SMILES string of the molecule is O=Cc1cc(-c2nccs2)n[nH]1. The number of nitrogens with one attached hydrogen (secondary N) is 1. The fourth-order valence-electron chi connectivity index (χ4n) is 0.856. The Balaban J connectivity index is 2.41. The third-order valence-electron chi connectivity index (χ3n) is 1.38. The molecule has 2 aromatic rings. The van der Waals surface area contributed by atoms with Gasteiger partial charge in [-0.2, -0.15) is 5.10 Å². The molecule has 4 nitrogen and oxygen atoms in total. The largest absolute Gasteiger partial charge is 0.296 e. The highest BCUT2D eigenvalue weighted by Crippen LogP contribution is 2.18. The number of hydrogen-bond acceptors (Lipinski definition) is 4. The van der Waals surface area contributed by atoms with E-state index >= 15 is 0 Å². The van der Waals surface area contributed by atoms with Crippen molar-refractivity contribution >= 4 is 17.6 Å². The molecular weight excluding hydrogens is 174 g/mol. The number of carbonyl (C=O) groups is 1. The molecule has 0 amide bonds. The number of aromatic amines is 1. The van der Waals surface area contributed by atoms with Crippen LogP contribution < -0.4 is 0 Å². The maximum atomic E-state index is 10.3. The molecule has 5 heteroatoms. The van der Waals surface area contributed by atoms with Crippen LogP contribution in [-0.2, 0) is 0 Å². The van der Waals surface area contributed by atoms with Gasteiger partial charge >= 0.3 is 0 Å². The summed E-state index contributed by atoms with van der Waals surface area (Å²) < 4.78 is 0. The molecule has 0 saturated heterocycles. The van der Waals surface area contributed by atoms with Crippen molar-refractivity contribution in [1.29, 1.82) is 0 Å². The first kappa shape index (κ1) is 7.17. The predicted octanol–water partition coefficient (Wildman–Crippen LogP) is 1.35. The van der Waals surface area contributed by atoms with E-state index in [1.807, 2.05) is 5.38 Å².